The lowest BCUT2D eigenvalue weighted by Crippen LogP contribution is -2.34. The van der Waals surface area contributed by atoms with E-state index < -0.39 is 0 Å². The van der Waals surface area contributed by atoms with Crippen molar-refractivity contribution in [1.82, 2.24) is 5.32 Å². The number of amides is 1. The molecule has 1 aromatic rings. The second-order valence-electron chi connectivity index (χ2n) is 5.03. The van der Waals surface area contributed by atoms with Crippen LogP contribution in [-0.4, -0.2) is 24.2 Å². The van der Waals surface area contributed by atoms with Crippen LogP contribution in [-0.2, 0) is 0 Å². The first-order chi connectivity index (χ1) is 8.37. The van der Waals surface area contributed by atoms with Gasteiger partial charge in [0.15, 0.2) is 0 Å². The summed E-state index contributed by atoms with van der Waals surface area (Å²) in [6.07, 6.45) is 0.623. The van der Waals surface area contributed by atoms with Crippen LogP contribution >= 0.6 is 11.6 Å². The third kappa shape index (κ3) is 3.89. The van der Waals surface area contributed by atoms with Crippen LogP contribution in [0, 0.1) is 5.41 Å². The summed E-state index contributed by atoms with van der Waals surface area (Å²) in [6.45, 7) is 4.52. The predicted molar refractivity (Wildman–Crippen MR) is 73.7 cm³/mol. The van der Waals surface area contributed by atoms with E-state index in [9.17, 15) is 4.79 Å². The summed E-state index contributed by atoms with van der Waals surface area (Å²) in [7, 11) is 0. The Hall–Kier alpha value is -1.26. The van der Waals surface area contributed by atoms with Gasteiger partial charge in [-0.25, -0.2) is 0 Å². The SMILES string of the molecule is CC(C)(CCO)CNC(=O)c1cccc(N)c1Cl. The van der Waals surface area contributed by atoms with E-state index in [0.717, 1.165) is 0 Å². The molecule has 0 saturated carbocycles. The molecule has 0 aromatic heterocycles. The van der Waals surface area contributed by atoms with Crippen LogP contribution in [0.1, 0.15) is 30.6 Å². The molecule has 18 heavy (non-hydrogen) atoms. The van der Waals surface area contributed by atoms with Gasteiger partial charge in [-0.1, -0.05) is 31.5 Å². The molecule has 0 saturated heterocycles. The van der Waals surface area contributed by atoms with Gasteiger partial charge in [0.1, 0.15) is 0 Å². The van der Waals surface area contributed by atoms with Crippen LogP contribution in [0.5, 0.6) is 0 Å². The summed E-state index contributed by atoms with van der Waals surface area (Å²) in [5.74, 6) is -0.252. The summed E-state index contributed by atoms with van der Waals surface area (Å²) in [5.41, 5.74) is 6.25. The molecule has 0 heterocycles. The van der Waals surface area contributed by atoms with Crippen molar-refractivity contribution in [1.29, 1.82) is 0 Å². The highest BCUT2D eigenvalue weighted by molar-refractivity contribution is 6.36. The van der Waals surface area contributed by atoms with Gasteiger partial charge in [-0.3, -0.25) is 4.79 Å². The zero-order valence-corrected chi connectivity index (χ0v) is 11.4. The van der Waals surface area contributed by atoms with Gasteiger partial charge in [0.25, 0.3) is 5.91 Å². The Labute approximate surface area is 112 Å². The Bertz CT molecular complexity index is 433. The van der Waals surface area contributed by atoms with Crippen LogP contribution in [0.15, 0.2) is 18.2 Å². The van der Waals surface area contributed by atoms with E-state index in [1.165, 1.54) is 0 Å². The quantitative estimate of drug-likeness (QED) is 0.717. The molecule has 0 aliphatic carbocycles. The predicted octanol–water partition coefficient (Wildman–Crippen LogP) is 2.06. The van der Waals surface area contributed by atoms with Gasteiger partial charge < -0.3 is 16.2 Å². The summed E-state index contributed by atoms with van der Waals surface area (Å²) in [5, 5.41) is 12.0. The average molecular weight is 271 g/mol. The maximum atomic E-state index is 12.0. The fraction of sp³-hybridized carbons (Fsp3) is 0.462. The van der Waals surface area contributed by atoms with Gasteiger partial charge in [-0.2, -0.15) is 0 Å². The van der Waals surface area contributed by atoms with Gasteiger partial charge in [0.05, 0.1) is 16.3 Å². The number of nitrogens with two attached hydrogens (primary N) is 1. The first-order valence-corrected chi connectivity index (χ1v) is 6.18. The Morgan fingerprint density at radius 2 is 2.17 bits per heavy atom. The number of benzene rings is 1. The minimum Gasteiger partial charge on any atom is -0.398 e. The molecule has 5 heteroatoms. The lowest BCUT2D eigenvalue weighted by molar-refractivity contribution is 0.0928. The van der Waals surface area contributed by atoms with Gasteiger partial charge in [-0.15, -0.1) is 0 Å². The average Bonchev–Trinajstić information content (AvgIpc) is 2.30. The molecule has 0 unspecified atom stereocenters. The van der Waals surface area contributed by atoms with Gasteiger partial charge in [0, 0.05) is 13.2 Å². The highest BCUT2D eigenvalue weighted by atomic mass is 35.5. The van der Waals surface area contributed by atoms with Gasteiger partial charge >= 0.3 is 0 Å². The molecular weight excluding hydrogens is 252 g/mol. The van der Waals surface area contributed by atoms with E-state index in [1.807, 2.05) is 13.8 Å². The minimum absolute atomic E-state index is 0.0991. The Kier molecular flexibility index (Phi) is 4.99. The van der Waals surface area contributed by atoms with Crippen LogP contribution < -0.4 is 11.1 Å². The summed E-state index contributed by atoms with van der Waals surface area (Å²) >= 11 is 5.97. The number of nitrogen functional groups attached to an aromatic ring is 1. The van der Waals surface area contributed by atoms with Crippen molar-refractivity contribution in [3.05, 3.63) is 28.8 Å². The van der Waals surface area contributed by atoms with E-state index in [2.05, 4.69) is 5.32 Å². The van der Waals surface area contributed by atoms with E-state index >= 15 is 0 Å². The molecule has 0 aliphatic heterocycles. The van der Waals surface area contributed by atoms with E-state index in [4.69, 9.17) is 22.4 Å². The maximum Gasteiger partial charge on any atom is 0.252 e. The number of rotatable bonds is 5. The van der Waals surface area contributed by atoms with Crippen LogP contribution in [0.2, 0.25) is 5.02 Å². The summed E-state index contributed by atoms with van der Waals surface area (Å²) in [6, 6.07) is 4.97. The number of aliphatic hydroxyl groups excluding tert-OH is 1. The Balaban J connectivity index is 2.69. The number of anilines is 1. The van der Waals surface area contributed by atoms with E-state index in [0.29, 0.717) is 24.2 Å². The Morgan fingerprint density at radius 3 is 2.78 bits per heavy atom. The molecule has 4 nitrogen and oxygen atoms in total. The van der Waals surface area contributed by atoms with Crippen molar-refractivity contribution in [3.63, 3.8) is 0 Å². The van der Waals surface area contributed by atoms with Crippen LogP contribution in [0.25, 0.3) is 0 Å². The highest BCUT2D eigenvalue weighted by Gasteiger charge is 2.19. The standard InChI is InChI=1S/C13H19ClN2O2/c1-13(2,6-7-17)8-16-12(18)9-4-3-5-10(15)11(9)14/h3-5,17H,6-8,15H2,1-2H3,(H,16,18). The van der Waals surface area contributed by atoms with Crippen LogP contribution in [0.4, 0.5) is 5.69 Å². The first kappa shape index (κ1) is 14.8. The molecule has 0 atom stereocenters. The number of aliphatic hydroxyl groups is 1. The molecular formula is C13H19ClN2O2. The van der Waals surface area contributed by atoms with E-state index in [-0.39, 0.29) is 23.0 Å². The smallest absolute Gasteiger partial charge is 0.252 e. The zero-order chi connectivity index (χ0) is 13.8. The second-order valence-corrected chi connectivity index (χ2v) is 5.41. The normalized spacial score (nSPS) is 11.3. The first-order valence-electron chi connectivity index (χ1n) is 5.80. The lowest BCUT2D eigenvalue weighted by Gasteiger charge is -2.24. The van der Waals surface area contributed by atoms with Crippen molar-refractivity contribution in [2.75, 3.05) is 18.9 Å². The monoisotopic (exact) mass is 270 g/mol. The van der Waals surface area contributed by atoms with Crippen molar-refractivity contribution in [2.45, 2.75) is 20.3 Å². The number of carbonyl (C=O) groups excluding carboxylic acids is 1. The molecule has 0 fully saturated rings. The second kappa shape index (κ2) is 6.07. The molecule has 0 aliphatic rings. The molecule has 100 valence electrons. The Morgan fingerprint density at radius 1 is 1.50 bits per heavy atom. The molecule has 1 rings (SSSR count). The maximum absolute atomic E-state index is 12.0. The van der Waals surface area contributed by atoms with Gasteiger partial charge in [0.2, 0.25) is 0 Å². The summed E-state index contributed by atoms with van der Waals surface area (Å²) < 4.78 is 0. The van der Waals surface area contributed by atoms with Gasteiger partial charge in [-0.05, 0) is 24.0 Å². The summed E-state index contributed by atoms with van der Waals surface area (Å²) in [4.78, 5) is 12.0. The van der Waals surface area contributed by atoms with Crippen LogP contribution in [0.3, 0.4) is 0 Å². The molecule has 1 aromatic carbocycles. The number of halogens is 1. The number of hydrogen-bond donors (Lipinski definition) is 3. The molecule has 0 spiro atoms. The third-order valence-electron chi connectivity index (χ3n) is 2.79. The largest absolute Gasteiger partial charge is 0.398 e. The van der Waals surface area contributed by atoms with Crippen molar-refractivity contribution < 1.29 is 9.90 Å². The lowest BCUT2D eigenvalue weighted by atomic mass is 9.89. The molecule has 0 radical (unpaired) electrons. The number of carbonyl (C=O) groups is 1. The minimum atomic E-state index is -0.252. The molecule has 0 bridgehead atoms. The topological polar surface area (TPSA) is 75.3 Å². The fourth-order valence-electron chi connectivity index (χ4n) is 1.53. The molecule has 1 amide bonds. The highest BCUT2D eigenvalue weighted by Crippen LogP contribution is 2.23. The molecule has 4 N–H and O–H groups in total. The van der Waals surface area contributed by atoms with Crippen molar-refractivity contribution >= 4 is 23.2 Å². The number of nitrogens with one attached hydrogen (secondary N) is 1. The fourth-order valence-corrected chi connectivity index (χ4v) is 1.74. The van der Waals surface area contributed by atoms with Crippen molar-refractivity contribution in [2.24, 2.45) is 5.41 Å². The number of hydrogen-bond acceptors (Lipinski definition) is 3. The van der Waals surface area contributed by atoms with Crippen molar-refractivity contribution in [3.8, 4) is 0 Å². The zero-order valence-electron chi connectivity index (χ0n) is 10.7. The van der Waals surface area contributed by atoms with E-state index in [1.54, 1.807) is 18.2 Å². The third-order valence-corrected chi connectivity index (χ3v) is 3.21.